The molecule has 0 spiro atoms. The van der Waals surface area contributed by atoms with Crippen molar-refractivity contribution in [3.8, 4) is 16.9 Å². The number of nitrogen functional groups attached to an aromatic ring is 1. The van der Waals surface area contributed by atoms with E-state index in [-0.39, 0.29) is 6.54 Å². The molecule has 1 aromatic heterocycles. The molecule has 3 heterocycles. The van der Waals surface area contributed by atoms with E-state index in [4.69, 9.17) is 20.5 Å². The van der Waals surface area contributed by atoms with Gasteiger partial charge in [0.1, 0.15) is 13.9 Å². The van der Waals surface area contributed by atoms with E-state index in [0.29, 0.717) is 35.5 Å². The Labute approximate surface area is 274 Å². The summed E-state index contributed by atoms with van der Waals surface area (Å²) < 4.78 is 26.3. The summed E-state index contributed by atoms with van der Waals surface area (Å²) in [6, 6.07) is 21.1. The van der Waals surface area contributed by atoms with Crippen LogP contribution < -0.4 is 43.7 Å². The smallest absolute Gasteiger partial charge is 0.336 e. The molecule has 11 nitrogen and oxygen atoms in total. The summed E-state index contributed by atoms with van der Waals surface area (Å²) >= 11 is 0. The molecule has 2 atom stereocenters. The minimum Gasteiger partial charge on any atom is -0.467 e. The highest BCUT2D eigenvalue weighted by Gasteiger charge is 2.32. The maximum Gasteiger partial charge on any atom is 0.336 e. The molecule has 0 bridgehead atoms. The van der Waals surface area contributed by atoms with Gasteiger partial charge in [0.2, 0.25) is 0 Å². The highest BCUT2D eigenvalue weighted by atomic mass is 31.2. The molecule has 6 rings (SSSR count). The van der Waals surface area contributed by atoms with Crippen molar-refractivity contribution in [2.75, 3.05) is 18.6 Å². The number of aromatic amines is 1. The van der Waals surface area contributed by atoms with Crippen molar-refractivity contribution < 1.29 is 13.6 Å². The number of para-hydroxylation sites is 1. The number of hydrogen-bond donors (Lipinski definition) is 3. The number of nitrogens with one attached hydrogen (secondary N) is 1. The molecule has 0 fully saturated rings. The maximum atomic E-state index is 12.5. The van der Waals surface area contributed by atoms with Gasteiger partial charge in [-0.15, -0.1) is 0 Å². The maximum absolute atomic E-state index is 12.5. The molecular formula is C34H41N5O6P2. The SMILES string of the molecule is C/C=C1\C(=C(\N)CC)OP(CCn2c(=O)[nH]c(=O)n(C)c2=O)c2ccccc21.CC.CP1(=O)Oc2c(N)cccc2-c2ccccc21. The van der Waals surface area contributed by atoms with Gasteiger partial charge in [0.15, 0.2) is 5.75 Å². The van der Waals surface area contributed by atoms with Crippen LogP contribution in [0.15, 0.2) is 98.6 Å². The van der Waals surface area contributed by atoms with Crippen LogP contribution in [0.1, 0.15) is 39.7 Å². The Morgan fingerprint density at radius 2 is 1.60 bits per heavy atom. The normalized spacial score (nSPS) is 19.3. The third-order valence-corrected chi connectivity index (χ3v) is 11.4. The van der Waals surface area contributed by atoms with Crippen molar-refractivity contribution >= 4 is 37.4 Å². The molecule has 0 amide bonds. The van der Waals surface area contributed by atoms with Gasteiger partial charge in [0.25, 0.3) is 7.37 Å². The van der Waals surface area contributed by atoms with Crippen LogP contribution in [0.5, 0.6) is 5.75 Å². The zero-order chi connectivity index (χ0) is 34.5. The van der Waals surface area contributed by atoms with Crippen LogP contribution in [-0.4, -0.2) is 26.9 Å². The second-order valence-electron chi connectivity index (χ2n) is 10.5. The number of rotatable bonds is 4. The summed E-state index contributed by atoms with van der Waals surface area (Å²) in [5.74, 6) is 1.20. The summed E-state index contributed by atoms with van der Waals surface area (Å²) in [5.41, 5.74) is 15.0. The minimum absolute atomic E-state index is 0.132. The van der Waals surface area contributed by atoms with E-state index in [1.807, 2.05) is 94.4 Å². The number of fused-ring (bicyclic) bond motifs is 4. The minimum atomic E-state index is -2.82. The predicted molar refractivity (Wildman–Crippen MR) is 192 cm³/mol. The van der Waals surface area contributed by atoms with Gasteiger partial charge in [0, 0.05) is 42.9 Å². The van der Waals surface area contributed by atoms with Crippen LogP contribution in [0.25, 0.3) is 16.7 Å². The van der Waals surface area contributed by atoms with Crippen LogP contribution in [0.4, 0.5) is 5.69 Å². The van der Waals surface area contributed by atoms with Crippen molar-refractivity contribution in [3.63, 3.8) is 0 Å². The molecule has 0 radical (unpaired) electrons. The predicted octanol–water partition coefficient (Wildman–Crippen LogP) is 4.86. The fourth-order valence-electron chi connectivity index (χ4n) is 5.23. The number of nitrogens with two attached hydrogens (primary N) is 2. The van der Waals surface area contributed by atoms with Gasteiger partial charge in [-0.25, -0.2) is 23.5 Å². The highest BCUT2D eigenvalue weighted by molar-refractivity contribution is 7.67. The van der Waals surface area contributed by atoms with Crippen molar-refractivity contribution in [1.82, 2.24) is 14.1 Å². The number of benzene rings is 3. The lowest BCUT2D eigenvalue weighted by molar-refractivity contribution is 0.483. The number of nitrogens with zero attached hydrogens (tertiary/aromatic N) is 2. The Kier molecular flexibility index (Phi) is 11.2. The molecule has 2 unspecified atom stereocenters. The van der Waals surface area contributed by atoms with Gasteiger partial charge < -0.3 is 20.5 Å². The van der Waals surface area contributed by atoms with E-state index < -0.39 is 32.6 Å². The van der Waals surface area contributed by atoms with Crippen LogP contribution in [-0.2, 0) is 22.7 Å². The molecular weight excluding hydrogens is 636 g/mol. The van der Waals surface area contributed by atoms with E-state index in [1.165, 1.54) is 7.05 Å². The molecule has 0 saturated heterocycles. The highest BCUT2D eigenvalue weighted by Crippen LogP contribution is 2.54. The van der Waals surface area contributed by atoms with Crippen LogP contribution >= 0.6 is 15.5 Å². The largest absolute Gasteiger partial charge is 0.467 e. The molecule has 0 aliphatic carbocycles. The molecule has 4 aromatic rings. The lowest BCUT2D eigenvalue weighted by Gasteiger charge is -2.31. The lowest BCUT2D eigenvalue weighted by Crippen LogP contribution is -2.48. The number of H-pyrrole nitrogens is 1. The van der Waals surface area contributed by atoms with Gasteiger partial charge in [-0.05, 0) is 36.6 Å². The fourth-order valence-corrected chi connectivity index (χ4v) is 8.83. The van der Waals surface area contributed by atoms with Crippen LogP contribution in [0.3, 0.4) is 0 Å². The Bertz CT molecular complexity index is 2080. The Hall–Kier alpha value is -4.59. The molecule has 2 aliphatic heterocycles. The molecule has 47 heavy (non-hydrogen) atoms. The second kappa shape index (κ2) is 14.9. The first kappa shape index (κ1) is 35.3. The number of hydrogen-bond acceptors (Lipinski definition) is 8. The first-order valence-electron chi connectivity index (χ1n) is 15.3. The average molecular weight is 678 g/mol. The Morgan fingerprint density at radius 1 is 0.957 bits per heavy atom. The van der Waals surface area contributed by atoms with Gasteiger partial charge in [-0.2, -0.15) is 0 Å². The summed E-state index contributed by atoms with van der Waals surface area (Å²) in [6.45, 7) is 9.66. The van der Waals surface area contributed by atoms with Crippen LogP contribution in [0, 0.1) is 0 Å². The molecule has 5 N–H and O–H groups in total. The van der Waals surface area contributed by atoms with E-state index in [2.05, 4.69) is 4.98 Å². The number of anilines is 1. The third-order valence-electron chi connectivity index (χ3n) is 7.62. The number of allylic oxidation sites excluding steroid dienone is 3. The van der Waals surface area contributed by atoms with Crippen molar-refractivity contribution in [2.45, 2.75) is 40.7 Å². The Balaban J connectivity index is 0.000000223. The first-order chi connectivity index (χ1) is 22.5. The quantitative estimate of drug-likeness (QED) is 0.204. The monoisotopic (exact) mass is 677 g/mol. The molecule has 13 heteroatoms. The topological polar surface area (TPSA) is 164 Å². The summed E-state index contributed by atoms with van der Waals surface area (Å²) in [6.07, 6.45) is 3.06. The average Bonchev–Trinajstić information content (AvgIpc) is 3.08. The zero-order valence-corrected chi connectivity index (χ0v) is 29.2. The number of aromatic nitrogens is 3. The van der Waals surface area contributed by atoms with Crippen molar-refractivity contribution in [2.24, 2.45) is 12.8 Å². The standard InChI is InChI=1S/C19H23N4O4P.C13H12NO2P.C2H6/c1-4-12-13-8-6-7-9-15(13)28(27-16(12)14(20)5-2)11-10-23-18(25)21-17(24)22(3)19(23)26;1-17(15)12-8-3-2-5-9(12)10-6-4-7-11(14)13(10)16-17;1-2/h4,6-9H,5,10-11,20H2,1-3H3,(H,21,24,25);2-8H,14H2,1H3;1-2H3/b12-4-,16-14-;;. The molecule has 3 aromatic carbocycles. The Morgan fingerprint density at radius 3 is 2.28 bits per heavy atom. The molecule has 2 aliphatic rings. The molecule has 0 saturated carbocycles. The van der Waals surface area contributed by atoms with Gasteiger partial charge in [-0.3, -0.25) is 9.55 Å². The van der Waals surface area contributed by atoms with E-state index in [9.17, 15) is 18.9 Å². The second-order valence-corrected chi connectivity index (χ2v) is 14.8. The summed E-state index contributed by atoms with van der Waals surface area (Å²) in [7, 11) is -2.63. The fraction of sp³-hybridized carbons (Fsp3) is 0.265. The van der Waals surface area contributed by atoms with Gasteiger partial charge >= 0.3 is 17.1 Å². The summed E-state index contributed by atoms with van der Waals surface area (Å²) in [4.78, 5) is 38.1. The third kappa shape index (κ3) is 7.07. The lowest BCUT2D eigenvalue weighted by atomic mass is 10.0. The van der Waals surface area contributed by atoms with Gasteiger partial charge in [-0.1, -0.05) is 81.4 Å². The summed E-state index contributed by atoms with van der Waals surface area (Å²) in [5, 5.41) is 1.80. The van der Waals surface area contributed by atoms with Gasteiger partial charge in [0.05, 0.1) is 16.7 Å². The van der Waals surface area contributed by atoms with E-state index >= 15 is 0 Å². The van der Waals surface area contributed by atoms with Crippen molar-refractivity contribution in [3.05, 3.63) is 121 Å². The van der Waals surface area contributed by atoms with E-state index in [0.717, 1.165) is 42.0 Å². The zero-order valence-electron chi connectivity index (χ0n) is 27.4. The van der Waals surface area contributed by atoms with E-state index in [1.54, 1.807) is 12.7 Å². The van der Waals surface area contributed by atoms with Crippen molar-refractivity contribution in [1.29, 1.82) is 0 Å². The first-order valence-corrected chi connectivity index (χ1v) is 18.9. The molecule has 248 valence electrons. The van der Waals surface area contributed by atoms with Crippen LogP contribution in [0.2, 0.25) is 0 Å².